The molecule has 0 amide bonds. The molecule has 1 atom stereocenters. The van der Waals surface area contributed by atoms with Gasteiger partial charge in [-0.15, -0.1) is 0 Å². The molecule has 5 rings (SSSR count). The molecule has 0 spiro atoms. The summed E-state index contributed by atoms with van der Waals surface area (Å²) in [5, 5.41) is 0. The molecule has 2 heterocycles. The van der Waals surface area contributed by atoms with Gasteiger partial charge in [0.1, 0.15) is 17.6 Å². The summed E-state index contributed by atoms with van der Waals surface area (Å²) in [4.78, 5) is 16.7. The summed E-state index contributed by atoms with van der Waals surface area (Å²) in [5.74, 6) is 2.63. The van der Waals surface area contributed by atoms with Crippen LogP contribution < -0.4 is 19.7 Å². The first-order valence-electron chi connectivity index (χ1n) is 15.1. The Labute approximate surface area is 244 Å². The van der Waals surface area contributed by atoms with Crippen molar-refractivity contribution in [3.05, 3.63) is 42.1 Å². The van der Waals surface area contributed by atoms with Crippen molar-refractivity contribution in [1.82, 2.24) is 4.98 Å². The topological polar surface area (TPSA) is 85.3 Å². The highest BCUT2D eigenvalue weighted by atomic mass is 16.7. The van der Waals surface area contributed by atoms with Crippen molar-refractivity contribution in [3.8, 4) is 17.4 Å². The van der Waals surface area contributed by atoms with Crippen LogP contribution in [0.4, 0.5) is 0 Å². The number of aromatic nitrogens is 1. The molecule has 2 aliphatic carbocycles. The Morgan fingerprint density at radius 3 is 2.24 bits per heavy atom. The largest absolute Gasteiger partial charge is 0.498 e. The summed E-state index contributed by atoms with van der Waals surface area (Å²) >= 11 is 0. The van der Waals surface area contributed by atoms with Crippen molar-refractivity contribution >= 4 is 18.6 Å². The van der Waals surface area contributed by atoms with Gasteiger partial charge in [0, 0.05) is 23.8 Å². The smallest absolute Gasteiger partial charge is 0.497 e. The maximum atomic E-state index is 12.2. The SMILES string of the molecule is CCOC(=O)CC(c1ccnc(OC2CCC(Oc3cc(OC)ccc3B3OC(C)(C)C(C)(C)O3)CC2)c1)C1CC1. The van der Waals surface area contributed by atoms with Gasteiger partial charge in [0.25, 0.3) is 0 Å². The number of hydrogen-bond acceptors (Lipinski definition) is 8. The number of carbonyl (C=O) groups is 1. The zero-order chi connectivity index (χ0) is 29.2. The normalized spacial score (nSPS) is 24.0. The van der Waals surface area contributed by atoms with Gasteiger partial charge in [0.05, 0.1) is 37.4 Å². The number of pyridine rings is 1. The Bertz CT molecular complexity index is 1190. The molecule has 222 valence electrons. The fraction of sp³-hybridized carbons (Fsp3) is 0.625. The summed E-state index contributed by atoms with van der Waals surface area (Å²) < 4.78 is 36.3. The van der Waals surface area contributed by atoms with Gasteiger partial charge in [0.2, 0.25) is 5.88 Å². The van der Waals surface area contributed by atoms with Crippen LogP contribution in [0.2, 0.25) is 0 Å². The van der Waals surface area contributed by atoms with Crippen LogP contribution in [0.25, 0.3) is 0 Å². The van der Waals surface area contributed by atoms with Gasteiger partial charge < -0.3 is 28.3 Å². The van der Waals surface area contributed by atoms with Gasteiger partial charge in [-0.1, -0.05) is 6.07 Å². The molecule has 0 bridgehead atoms. The second-order valence-electron chi connectivity index (χ2n) is 12.5. The molecule has 41 heavy (non-hydrogen) atoms. The first kappa shape index (κ1) is 29.7. The Morgan fingerprint density at radius 2 is 1.63 bits per heavy atom. The van der Waals surface area contributed by atoms with Crippen LogP contribution >= 0.6 is 0 Å². The van der Waals surface area contributed by atoms with Crippen LogP contribution in [-0.4, -0.2) is 55.2 Å². The summed E-state index contributed by atoms with van der Waals surface area (Å²) in [7, 11) is 1.14. The van der Waals surface area contributed by atoms with E-state index in [1.165, 1.54) is 0 Å². The highest BCUT2D eigenvalue weighted by Gasteiger charge is 2.52. The predicted molar refractivity (Wildman–Crippen MR) is 157 cm³/mol. The number of hydrogen-bond donors (Lipinski definition) is 0. The van der Waals surface area contributed by atoms with Gasteiger partial charge >= 0.3 is 13.1 Å². The second kappa shape index (κ2) is 12.2. The van der Waals surface area contributed by atoms with Gasteiger partial charge in [-0.2, -0.15) is 0 Å². The van der Waals surface area contributed by atoms with Crippen LogP contribution in [0.3, 0.4) is 0 Å². The average Bonchev–Trinajstić information content (AvgIpc) is 3.74. The lowest BCUT2D eigenvalue weighted by Gasteiger charge is -2.32. The lowest BCUT2D eigenvalue weighted by molar-refractivity contribution is -0.143. The predicted octanol–water partition coefficient (Wildman–Crippen LogP) is 5.61. The first-order valence-corrected chi connectivity index (χ1v) is 15.1. The number of carbonyl (C=O) groups excluding carboxylic acids is 1. The van der Waals surface area contributed by atoms with Crippen molar-refractivity contribution in [2.24, 2.45) is 5.92 Å². The monoisotopic (exact) mass is 565 g/mol. The van der Waals surface area contributed by atoms with E-state index in [0.717, 1.165) is 61.1 Å². The van der Waals surface area contributed by atoms with Crippen molar-refractivity contribution in [1.29, 1.82) is 0 Å². The zero-order valence-electron chi connectivity index (χ0n) is 25.3. The van der Waals surface area contributed by atoms with Crippen LogP contribution in [0.5, 0.6) is 17.4 Å². The third-order valence-corrected chi connectivity index (χ3v) is 9.00. The average molecular weight is 566 g/mol. The van der Waals surface area contributed by atoms with Crippen LogP contribution in [0, 0.1) is 5.92 Å². The van der Waals surface area contributed by atoms with Gasteiger partial charge in [-0.05, 0) is 103 Å². The van der Waals surface area contributed by atoms with Crippen LogP contribution in [-0.2, 0) is 18.8 Å². The molecule has 0 N–H and O–H groups in total. The van der Waals surface area contributed by atoms with Crippen LogP contribution in [0.15, 0.2) is 36.5 Å². The molecule has 1 aromatic heterocycles. The van der Waals surface area contributed by atoms with E-state index < -0.39 is 18.3 Å². The van der Waals surface area contributed by atoms with Gasteiger partial charge in [-0.25, -0.2) is 4.98 Å². The minimum Gasteiger partial charge on any atom is -0.497 e. The molecule has 9 heteroatoms. The Morgan fingerprint density at radius 1 is 0.976 bits per heavy atom. The quantitative estimate of drug-likeness (QED) is 0.257. The molecule has 3 aliphatic rings. The molecule has 1 saturated heterocycles. The minimum atomic E-state index is -0.512. The van der Waals surface area contributed by atoms with E-state index in [0.29, 0.717) is 24.8 Å². The van der Waals surface area contributed by atoms with Crippen molar-refractivity contribution < 1.29 is 33.1 Å². The number of esters is 1. The first-order chi connectivity index (χ1) is 19.6. The molecule has 3 fully saturated rings. The van der Waals surface area contributed by atoms with Crippen molar-refractivity contribution in [2.45, 2.75) is 109 Å². The number of nitrogens with zero attached hydrogens (tertiary/aromatic N) is 1. The van der Waals surface area contributed by atoms with E-state index >= 15 is 0 Å². The Kier molecular flexibility index (Phi) is 8.85. The summed E-state index contributed by atoms with van der Waals surface area (Å²) in [5.41, 5.74) is 1.10. The minimum absolute atomic E-state index is 0.0475. The van der Waals surface area contributed by atoms with E-state index in [1.807, 2.05) is 37.3 Å². The fourth-order valence-corrected chi connectivity index (χ4v) is 5.70. The molecular weight excluding hydrogens is 521 g/mol. The lowest BCUT2D eigenvalue weighted by atomic mass is 9.78. The zero-order valence-corrected chi connectivity index (χ0v) is 25.3. The standard InChI is InChI=1S/C32H44BNO7/c1-7-37-30(35)20-26(21-8-9-21)22-16-17-34-29(18-22)39-24-12-10-23(11-13-24)38-28-19-25(36-6)14-15-27(28)33-40-31(2,3)32(4,5)41-33/h14-19,21,23-24,26H,7-13,20H2,1-6H3. The molecule has 1 aliphatic heterocycles. The highest BCUT2D eigenvalue weighted by Crippen LogP contribution is 2.45. The number of rotatable bonds is 11. The summed E-state index contributed by atoms with van der Waals surface area (Å²) in [6.45, 7) is 10.5. The Balaban J connectivity index is 1.20. The van der Waals surface area contributed by atoms with E-state index in [9.17, 15) is 4.79 Å². The molecule has 1 aromatic carbocycles. The third-order valence-electron chi connectivity index (χ3n) is 9.00. The van der Waals surface area contributed by atoms with E-state index in [2.05, 4.69) is 32.7 Å². The number of ether oxygens (including phenoxy) is 4. The number of methoxy groups -OCH3 is 1. The Hall–Kier alpha value is -2.78. The molecule has 0 radical (unpaired) electrons. The summed E-state index contributed by atoms with van der Waals surface area (Å²) in [6.07, 6.45) is 8.05. The van der Waals surface area contributed by atoms with E-state index in [1.54, 1.807) is 13.3 Å². The van der Waals surface area contributed by atoms with Gasteiger partial charge in [0.15, 0.2) is 0 Å². The molecule has 2 saturated carbocycles. The van der Waals surface area contributed by atoms with Gasteiger partial charge in [-0.3, -0.25) is 4.79 Å². The fourth-order valence-electron chi connectivity index (χ4n) is 5.70. The maximum Gasteiger partial charge on any atom is 0.498 e. The van der Waals surface area contributed by atoms with E-state index in [-0.39, 0.29) is 24.1 Å². The lowest BCUT2D eigenvalue weighted by Crippen LogP contribution is -2.41. The second-order valence-corrected chi connectivity index (χ2v) is 12.5. The molecule has 2 aromatic rings. The number of benzene rings is 1. The summed E-state index contributed by atoms with van der Waals surface area (Å²) in [6, 6.07) is 9.83. The molecule has 1 unspecified atom stereocenters. The van der Waals surface area contributed by atoms with E-state index in [4.69, 9.17) is 28.3 Å². The van der Waals surface area contributed by atoms with Crippen LogP contribution in [0.1, 0.15) is 91.0 Å². The molecular formula is C32H44BNO7. The maximum absolute atomic E-state index is 12.2. The third kappa shape index (κ3) is 7.00. The van der Waals surface area contributed by atoms with Crippen molar-refractivity contribution in [3.63, 3.8) is 0 Å². The molecule has 8 nitrogen and oxygen atoms in total. The van der Waals surface area contributed by atoms with Crippen molar-refractivity contribution in [2.75, 3.05) is 13.7 Å². The highest BCUT2D eigenvalue weighted by molar-refractivity contribution is 6.63.